The van der Waals surface area contributed by atoms with E-state index in [1.54, 1.807) is 26.0 Å². The van der Waals surface area contributed by atoms with E-state index >= 15 is 0 Å². The van der Waals surface area contributed by atoms with Crippen LogP contribution in [-0.2, 0) is 16.6 Å². The molecular weight excluding hydrogens is 493 g/mol. The second-order valence-electron chi connectivity index (χ2n) is 10.1. The molecule has 1 aliphatic heterocycles. The highest BCUT2D eigenvalue weighted by atomic mass is 35.5. The van der Waals surface area contributed by atoms with Gasteiger partial charge in [0, 0.05) is 36.3 Å². The topological polar surface area (TPSA) is 90.1 Å². The average molecular weight is 523 g/mol. The van der Waals surface area contributed by atoms with Crippen LogP contribution >= 0.6 is 11.6 Å². The summed E-state index contributed by atoms with van der Waals surface area (Å²) >= 11 is 6.26. The number of ether oxygens (including phenoxy) is 1. The molecule has 0 saturated carbocycles. The Hall–Kier alpha value is -2.83. The van der Waals surface area contributed by atoms with Gasteiger partial charge in [-0.2, -0.15) is 13.2 Å². The summed E-state index contributed by atoms with van der Waals surface area (Å²) in [5.41, 5.74) is 4.20. The molecule has 1 atom stereocenters. The Morgan fingerprint density at radius 2 is 2.00 bits per heavy atom. The van der Waals surface area contributed by atoms with E-state index in [-0.39, 0.29) is 23.2 Å². The van der Waals surface area contributed by atoms with E-state index in [0.717, 1.165) is 5.56 Å². The molecule has 3 N–H and O–H groups in total. The number of halogens is 4. The molecule has 1 aliphatic rings. The molecule has 2 aromatic rings. The first-order valence-corrected chi connectivity index (χ1v) is 12.0. The number of nitrogens with zero attached hydrogens (tertiary/aromatic N) is 2. The van der Waals surface area contributed by atoms with Crippen LogP contribution < -0.4 is 15.8 Å². The van der Waals surface area contributed by atoms with Crippen LogP contribution in [0.4, 0.5) is 18.9 Å². The fourth-order valence-corrected chi connectivity index (χ4v) is 4.50. The van der Waals surface area contributed by atoms with Gasteiger partial charge in [-0.15, -0.1) is 0 Å². The number of alkyl halides is 3. The molecule has 1 aromatic carbocycles. The van der Waals surface area contributed by atoms with E-state index < -0.39 is 30.0 Å². The van der Waals surface area contributed by atoms with Crippen LogP contribution in [0.2, 0.25) is 5.02 Å². The zero-order valence-electron chi connectivity index (χ0n) is 20.9. The minimum Gasteiger partial charge on any atom is -0.493 e. The molecular formula is C26H30ClF3N4O2. The van der Waals surface area contributed by atoms with E-state index in [0.29, 0.717) is 35.2 Å². The van der Waals surface area contributed by atoms with Gasteiger partial charge in [0.1, 0.15) is 22.8 Å². The van der Waals surface area contributed by atoms with Crippen LogP contribution in [0.3, 0.4) is 0 Å². The second-order valence-corrected chi connectivity index (χ2v) is 10.5. The van der Waals surface area contributed by atoms with E-state index in [2.05, 4.69) is 27.1 Å². The molecule has 1 aromatic heterocycles. The van der Waals surface area contributed by atoms with Crippen LogP contribution in [0.1, 0.15) is 76.0 Å². The van der Waals surface area contributed by atoms with Crippen LogP contribution in [0.25, 0.3) is 0 Å². The summed E-state index contributed by atoms with van der Waals surface area (Å²) in [7, 11) is 0. The molecule has 0 saturated heterocycles. The number of anilines is 1. The number of hydrogen-bond acceptors (Lipinski definition) is 5. The molecule has 1 amide bonds. The normalized spacial score (nSPS) is 15.0. The summed E-state index contributed by atoms with van der Waals surface area (Å²) in [5.74, 6) is 5.86. The Bertz CT molecular complexity index is 1220. The van der Waals surface area contributed by atoms with Crippen molar-refractivity contribution in [3.8, 4) is 17.6 Å². The first kappa shape index (κ1) is 27.8. The number of rotatable bonds is 6. The second kappa shape index (κ2) is 10.3. The minimum atomic E-state index is -4.74. The molecule has 10 heteroatoms. The Morgan fingerprint density at radius 3 is 2.61 bits per heavy atom. The van der Waals surface area contributed by atoms with Crippen LogP contribution in [0.5, 0.6) is 5.75 Å². The zero-order valence-corrected chi connectivity index (χ0v) is 21.7. The van der Waals surface area contributed by atoms with Crippen LogP contribution in [0, 0.1) is 11.8 Å². The number of hydrogen-bond donors (Lipinski definition) is 2. The highest BCUT2D eigenvalue weighted by Crippen LogP contribution is 2.46. The van der Waals surface area contributed by atoms with Crippen molar-refractivity contribution in [2.24, 2.45) is 5.73 Å². The van der Waals surface area contributed by atoms with Gasteiger partial charge >= 0.3 is 6.18 Å². The van der Waals surface area contributed by atoms with Gasteiger partial charge in [0.25, 0.3) is 0 Å². The average Bonchev–Trinajstić information content (AvgIpc) is 3.20. The lowest BCUT2D eigenvalue weighted by Crippen LogP contribution is -2.56. The monoisotopic (exact) mass is 522 g/mol. The summed E-state index contributed by atoms with van der Waals surface area (Å²) in [6.07, 6.45) is -3.82. The number of carbonyl (C=O) groups is 1. The molecule has 0 bridgehead atoms. The van der Waals surface area contributed by atoms with Gasteiger partial charge in [-0.05, 0) is 35.5 Å². The quantitative estimate of drug-likeness (QED) is 0.488. The number of benzene rings is 1. The lowest BCUT2D eigenvalue weighted by Gasteiger charge is -2.38. The van der Waals surface area contributed by atoms with Crippen molar-refractivity contribution in [2.75, 3.05) is 11.9 Å². The van der Waals surface area contributed by atoms with Gasteiger partial charge in [-0.3, -0.25) is 4.79 Å². The fraction of sp³-hybridized carbons (Fsp3) is 0.500. The minimum absolute atomic E-state index is 0.0388. The molecule has 2 heterocycles. The molecule has 36 heavy (non-hydrogen) atoms. The lowest BCUT2D eigenvalue weighted by molar-refractivity contribution is -0.190. The largest absolute Gasteiger partial charge is 0.493 e. The van der Waals surface area contributed by atoms with Crippen LogP contribution in [0.15, 0.2) is 18.3 Å². The number of aromatic nitrogens is 2. The van der Waals surface area contributed by atoms with E-state index in [9.17, 15) is 18.0 Å². The molecule has 0 fully saturated rings. The summed E-state index contributed by atoms with van der Waals surface area (Å²) in [6, 6.07) is 3.41. The molecule has 6 nitrogen and oxygen atoms in total. The maximum Gasteiger partial charge on any atom is 0.407 e. The van der Waals surface area contributed by atoms with Crippen molar-refractivity contribution >= 4 is 23.2 Å². The SMILES string of the molecule is CC(=O)Nc1cnc(C(C)C)nc1C#CCC(N)(CC(C)(C)c1cc(Cl)cc2c1OCC2)C(F)(F)F. The van der Waals surface area contributed by atoms with Gasteiger partial charge in [0.2, 0.25) is 5.91 Å². The Labute approximate surface area is 214 Å². The molecule has 3 rings (SSSR count). The lowest BCUT2D eigenvalue weighted by atomic mass is 9.72. The first-order chi connectivity index (χ1) is 16.6. The molecule has 1 unspecified atom stereocenters. The summed E-state index contributed by atoms with van der Waals surface area (Å²) in [6.45, 7) is 8.88. The maximum atomic E-state index is 14.3. The highest BCUT2D eigenvalue weighted by molar-refractivity contribution is 6.30. The van der Waals surface area contributed by atoms with Crippen molar-refractivity contribution in [1.29, 1.82) is 0 Å². The van der Waals surface area contributed by atoms with Crippen molar-refractivity contribution in [2.45, 2.75) is 76.9 Å². The number of nitrogens with one attached hydrogen (secondary N) is 1. The fourth-order valence-electron chi connectivity index (χ4n) is 4.25. The summed E-state index contributed by atoms with van der Waals surface area (Å²) < 4.78 is 48.7. The Morgan fingerprint density at radius 1 is 1.31 bits per heavy atom. The third-order valence-electron chi connectivity index (χ3n) is 6.04. The van der Waals surface area contributed by atoms with Crippen molar-refractivity contribution in [1.82, 2.24) is 9.97 Å². The number of amides is 1. The molecule has 0 radical (unpaired) electrons. The Kier molecular flexibility index (Phi) is 7.92. The predicted molar refractivity (Wildman–Crippen MR) is 133 cm³/mol. The van der Waals surface area contributed by atoms with E-state index in [4.69, 9.17) is 22.1 Å². The van der Waals surface area contributed by atoms with Crippen LogP contribution in [-0.4, -0.2) is 34.2 Å². The predicted octanol–water partition coefficient (Wildman–Crippen LogP) is 5.52. The molecule has 0 aliphatic carbocycles. The molecule has 0 spiro atoms. The van der Waals surface area contributed by atoms with E-state index in [1.165, 1.54) is 13.1 Å². The number of nitrogens with two attached hydrogens (primary N) is 1. The zero-order chi connectivity index (χ0) is 26.9. The van der Waals surface area contributed by atoms with Gasteiger partial charge in [-0.1, -0.05) is 45.2 Å². The summed E-state index contributed by atoms with van der Waals surface area (Å²) in [5, 5.41) is 3.00. The van der Waals surface area contributed by atoms with E-state index in [1.807, 2.05) is 13.8 Å². The highest BCUT2D eigenvalue weighted by Gasteiger charge is 2.54. The Balaban J connectivity index is 1.96. The van der Waals surface area contributed by atoms with Gasteiger partial charge in [0.05, 0.1) is 18.5 Å². The summed E-state index contributed by atoms with van der Waals surface area (Å²) in [4.78, 5) is 20.1. The maximum absolute atomic E-state index is 14.3. The van der Waals surface area contributed by atoms with Crippen molar-refractivity contribution < 1.29 is 22.7 Å². The third-order valence-corrected chi connectivity index (χ3v) is 6.26. The standard InChI is InChI=1S/C26H30ClF3N4O2/c1-15(2)23-32-13-21(33-16(3)35)20(34-23)7-6-9-25(31,26(28,29)30)14-24(4,5)19-12-18(27)11-17-8-10-36-22(17)19/h11-13,15H,8-10,14,31H2,1-5H3,(H,33,35). The smallest absolute Gasteiger partial charge is 0.407 e. The first-order valence-electron chi connectivity index (χ1n) is 11.6. The van der Waals surface area contributed by atoms with Gasteiger partial charge in [0.15, 0.2) is 0 Å². The van der Waals surface area contributed by atoms with Crippen molar-refractivity contribution in [3.63, 3.8) is 0 Å². The third kappa shape index (κ3) is 6.11. The van der Waals surface area contributed by atoms with Gasteiger partial charge < -0.3 is 15.8 Å². The number of fused-ring (bicyclic) bond motifs is 1. The van der Waals surface area contributed by atoms with Gasteiger partial charge in [-0.25, -0.2) is 9.97 Å². The number of carbonyl (C=O) groups excluding carboxylic acids is 1. The molecule has 194 valence electrons. The van der Waals surface area contributed by atoms with Crippen molar-refractivity contribution in [3.05, 3.63) is 46.0 Å².